The average Bonchev–Trinajstić information content (AvgIpc) is 2.61. The summed E-state index contributed by atoms with van der Waals surface area (Å²) >= 11 is 0. The first-order valence-corrected chi connectivity index (χ1v) is 7.23. The van der Waals surface area contributed by atoms with Gasteiger partial charge in [-0.15, -0.1) is 0 Å². The molecule has 2 aromatic rings. The van der Waals surface area contributed by atoms with Crippen molar-refractivity contribution in [3.8, 4) is 5.75 Å². The van der Waals surface area contributed by atoms with E-state index in [0.29, 0.717) is 11.3 Å². The lowest BCUT2D eigenvalue weighted by Gasteiger charge is -2.07. The molecule has 130 valence electrons. The van der Waals surface area contributed by atoms with Gasteiger partial charge >= 0.3 is 5.97 Å². The van der Waals surface area contributed by atoms with Crippen molar-refractivity contribution >= 4 is 23.6 Å². The van der Waals surface area contributed by atoms with Gasteiger partial charge in [0.1, 0.15) is 23.1 Å². The largest absolute Gasteiger partial charge is 0.496 e. The van der Waals surface area contributed by atoms with Crippen molar-refractivity contribution in [2.45, 2.75) is 0 Å². The maximum Gasteiger partial charge on any atom is 0.331 e. The number of carbonyl (C=O) groups is 2. The molecule has 5 nitrogen and oxygen atoms in total. The molecule has 25 heavy (non-hydrogen) atoms. The molecule has 0 aliphatic rings. The first-order valence-electron chi connectivity index (χ1n) is 7.23. The third kappa shape index (κ3) is 5.13. The van der Waals surface area contributed by atoms with Crippen LogP contribution in [0.25, 0.3) is 6.08 Å². The van der Waals surface area contributed by atoms with Gasteiger partial charge in [-0.25, -0.2) is 13.6 Å². The van der Waals surface area contributed by atoms with E-state index in [4.69, 9.17) is 9.47 Å². The van der Waals surface area contributed by atoms with Gasteiger partial charge in [0.2, 0.25) is 0 Å². The predicted molar refractivity (Wildman–Crippen MR) is 88.0 cm³/mol. The number of methoxy groups -OCH3 is 1. The number of benzene rings is 2. The van der Waals surface area contributed by atoms with E-state index in [1.54, 1.807) is 24.3 Å². The van der Waals surface area contributed by atoms with Crippen molar-refractivity contribution in [2.75, 3.05) is 19.0 Å². The van der Waals surface area contributed by atoms with Gasteiger partial charge in [0.05, 0.1) is 7.11 Å². The molecule has 0 saturated heterocycles. The highest BCUT2D eigenvalue weighted by Crippen LogP contribution is 2.19. The van der Waals surface area contributed by atoms with Crippen LogP contribution < -0.4 is 10.1 Å². The van der Waals surface area contributed by atoms with E-state index in [9.17, 15) is 18.4 Å². The van der Waals surface area contributed by atoms with Gasteiger partial charge in [-0.05, 0) is 24.3 Å². The first-order chi connectivity index (χ1) is 12.0. The van der Waals surface area contributed by atoms with Crippen LogP contribution in [0.1, 0.15) is 5.56 Å². The number of hydrogen-bond donors (Lipinski definition) is 1. The normalized spacial score (nSPS) is 10.5. The smallest absolute Gasteiger partial charge is 0.331 e. The minimum Gasteiger partial charge on any atom is -0.496 e. The molecule has 0 aliphatic carbocycles. The summed E-state index contributed by atoms with van der Waals surface area (Å²) in [6, 6.07) is 10.2. The monoisotopic (exact) mass is 347 g/mol. The highest BCUT2D eigenvalue weighted by Gasteiger charge is 2.13. The molecule has 0 unspecified atom stereocenters. The highest BCUT2D eigenvalue weighted by molar-refractivity contribution is 5.94. The van der Waals surface area contributed by atoms with Crippen LogP contribution in [-0.4, -0.2) is 25.6 Å². The molecule has 0 aliphatic heterocycles. The van der Waals surface area contributed by atoms with Crippen LogP contribution >= 0.6 is 0 Å². The van der Waals surface area contributed by atoms with E-state index in [2.05, 4.69) is 0 Å². The lowest BCUT2D eigenvalue weighted by molar-refractivity contribution is -0.142. The Hall–Kier alpha value is -3.22. The van der Waals surface area contributed by atoms with Gasteiger partial charge < -0.3 is 14.8 Å². The number of hydrogen-bond acceptors (Lipinski definition) is 4. The topological polar surface area (TPSA) is 64.6 Å². The molecule has 0 radical (unpaired) electrons. The number of amides is 1. The van der Waals surface area contributed by atoms with Gasteiger partial charge in [0, 0.05) is 11.6 Å². The van der Waals surface area contributed by atoms with E-state index in [-0.39, 0.29) is 0 Å². The molecule has 2 rings (SSSR count). The fourth-order valence-corrected chi connectivity index (χ4v) is 1.94. The summed E-state index contributed by atoms with van der Waals surface area (Å²) in [5.74, 6) is -2.91. The van der Waals surface area contributed by atoms with Crippen LogP contribution in [0, 0.1) is 11.6 Å². The zero-order valence-electron chi connectivity index (χ0n) is 13.3. The quantitative estimate of drug-likeness (QED) is 0.644. The Morgan fingerprint density at radius 3 is 2.44 bits per heavy atom. The molecule has 0 atom stereocenters. The summed E-state index contributed by atoms with van der Waals surface area (Å²) in [6.45, 7) is -0.678. The van der Waals surface area contributed by atoms with Crippen molar-refractivity contribution in [1.82, 2.24) is 0 Å². The molecule has 7 heteroatoms. The third-order valence-corrected chi connectivity index (χ3v) is 3.11. The number of nitrogens with one attached hydrogen (secondary N) is 1. The molecule has 0 saturated carbocycles. The van der Waals surface area contributed by atoms with E-state index in [1.165, 1.54) is 19.3 Å². The number of esters is 1. The van der Waals surface area contributed by atoms with Crippen LogP contribution in [0.5, 0.6) is 5.75 Å². The highest BCUT2D eigenvalue weighted by atomic mass is 19.1. The Labute approximate surface area is 142 Å². The molecular weight excluding hydrogens is 332 g/mol. The minimum absolute atomic E-state index is 0.569. The summed E-state index contributed by atoms with van der Waals surface area (Å²) in [7, 11) is 1.50. The second-order valence-corrected chi connectivity index (χ2v) is 4.83. The number of ether oxygens (including phenoxy) is 2. The van der Waals surface area contributed by atoms with Gasteiger partial charge in [-0.1, -0.05) is 24.3 Å². The van der Waals surface area contributed by atoms with Crippen molar-refractivity contribution in [3.63, 3.8) is 0 Å². The van der Waals surface area contributed by atoms with Gasteiger partial charge in [0.25, 0.3) is 5.91 Å². The van der Waals surface area contributed by atoms with Crippen LogP contribution in [0.3, 0.4) is 0 Å². The fourth-order valence-electron chi connectivity index (χ4n) is 1.94. The Morgan fingerprint density at radius 1 is 1.08 bits per heavy atom. The van der Waals surface area contributed by atoms with Crippen LogP contribution in [-0.2, 0) is 14.3 Å². The zero-order chi connectivity index (χ0) is 18.2. The second-order valence-electron chi connectivity index (χ2n) is 4.83. The lowest BCUT2D eigenvalue weighted by Crippen LogP contribution is -2.21. The summed E-state index contributed by atoms with van der Waals surface area (Å²) in [4.78, 5) is 23.3. The average molecular weight is 347 g/mol. The van der Waals surface area contributed by atoms with Crippen LogP contribution in [0.2, 0.25) is 0 Å². The van der Waals surface area contributed by atoms with Gasteiger partial charge in [-0.2, -0.15) is 0 Å². The van der Waals surface area contributed by atoms with Gasteiger partial charge in [-0.3, -0.25) is 4.79 Å². The molecule has 0 heterocycles. The number of para-hydroxylation sites is 2. The summed E-state index contributed by atoms with van der Waals surface area (Å²) in [5.41, 5.74) is 0.0629. The van der Waals surface area contributed by atoms with E-state index in [0.717, 1.165) is 18.2 Å². The van der Waals surface area contributed by atoms with Crippen molar-refractivity contribution < 1.29 is 27.8 Å². The predicted octanol–water partition coefficient (Wildman–Crippen LogP) is 3.17. The number of rotatable bonds is 6. The fraction of sp³-hybridized carbons (Fsp3) is 0.111. The number of anilines is 1. The summed E-state index contributed by atoms with van der Waals surface area (Å²) in [5, 5.41) is 2.02. The number of halogens is 2. The molecule has 0 aromatic heterocycles. The van der Waals surface area contributed by atoms with Crippen molar-refractivity contribution in [3.05, 3.63) is 65.7 Å². The van der Waals surface area contributed by atoms with Crippen LogP contribution in [0.4, 0.5) is 14.5 Å². The van der Waals surface area contributed by atoms with Crippen molar-refractivity contribution in [2.24, 2.45) is 0 Å². The molecular formula is C18H15F2NO4. The lowest BCUT2D eigenvalue weighted by atomic mass is 10.2. The Balaban J connectivity index is 1.89. The Morgan fingerprint density at radius 2 is 1.76 bits per heavy atom. The molecule has 2 aromatic carbocycles. The maximum absolute atomic E-state index is 13.4. The van der Waals surface area contributed by atoms with E-state index in [1.807, 2.05) is 5.32 Å². The summed E-state index contributed by atoms with van der Waals surface area (Å²) < 4.78 is 36.7. The third-order valence-electron chi connectivity index (χ3n) is 3.11. The van der Waals surface area contributed by atoms with Crippen LogP contribution in [0.15, 0.2) is 48.5 Å². The van der Waals surface area contributed by atoms with E-state index >= 15 is 0 Å². The Bertz CT molecular complexity index is 785. The van der Waals surface area contributed by atoms with Gasteiger partial charge in [0.15, 0.2) is 6.61 Å². The zero-order valence-corrected chi connectivity index (χ0v) is 13.3. The SMILES string of the molecule is COc1ccccc1C=CC(=O)OCC(=O)Nc1c(F)cccc1F. The van der Waals surface area contributed by atoms with Crippen molar-refractivity contribution in [1.29, 1.82) is 0 Å². The minimum atomic E-state index is -0.921. The molecule has 1 N–H and O–H groups in total. The first kappa shape index (κ1) is 18.1. The molecule has 0 spiro atoms. The maximum atomic E-state index is 13.4. The Kier molecular flexibility index (Phi) is 6.22. The number of carbonyl (C=O) groups excluding carboxylic acids is 2. The molecule has 0 fully saturated rings. The molecule has 1 amide bonds. The summed E-state index contributed by atoms with van der Waals surface area (Å²) in [6.07, 6.45) is 2.59. The molecule has 0 bridgehead atoms. The van der Waals surface area contributed by atoms with E-state index < -0.39 is 35.8 Å². The second kappa shape index (κ2) is 8.58. The standard InChI is InChI=1S/C18H15F2NO4/c1-24-15-8-3-2-5-12(15)9-10-17(23)25-11-16(22)21-18-13(19)6-4-7-14(18)20/h2-10H,11H2,1H3,(H,21,22).